The van der Waals surface area contributed by atoms with E-state index in [1.54, 1.807) is 6.33 Å². The van der Waals surface area contributed by atoms with E-state index in [9.17, 15) is 0 Å². The average molecular weight is 276 g/mol. The predicted octanol–water partition coefficient (Wildman–Crippen LogP) is 4.02. The summed E-state index contributed by atoms with van der Waals surface area (Å²) in [6.45, 7) is 9.11. The van der Waals surface area contributed by atoms with E-state index >= 15 is 0 Å². The molecule has 1 unspecified atom stereocenters. The van der Waals surface area contributed by atoms with E-state index in [1.807, 2.05) is 7.05 Å². The molecule has 4 heteroatoms. The van der Waals surface area contributed by atoms with Crippen LogP contribution in [0.15, 0.2) is 6.33 Å². The Kier molecular flexibility index (Phi) is 4.51. The zero-order valence-corrected chi connectivity index (χ0v) is 13.5. The van der Waals surface area contributed by atoms with Crippen molar-refractivity contribution < 1.29 is 0 Å². The number of nitrogens with zero attached hydrogens (tertiary/aromatic N) is 2. The minimum atomic E-state index is 0.401. The van der Waals surface area contributed by atoms with E-state index in [2.05, 4.69) is 48.3 Å². The molecule has 112 valence electrons. The minimum absolute atomic E-state index is 0.401. The van der Waals surface area contributed by atoms with Crippen molar-refractivity contribution in [1.82, 2.24) is 9.97 Å². The molecular formula is C16H28N4. The molecule has 1 aliphatic carbocycles. The highest BCUT2D eigenvalue weighted by Crippen LogP contribution is 2.37. The van der Waals surface area contributed by atoms with Crippen LogP contribution in [0.4, 0.5) is 11.6 Å². The van der Waals surface area contributed by atoms with Crippen molar-refractivity contribution in [2.24, 2.45) is 5.41 Å². The second kappa shape index (κ2) is 5.98. The van der Waals surface area contributed by atoms with Crippen molar-refractivity contribution in [2.75, 3.05) is 17.7 Å². The van der Waals surface area contributed by atoms with Crippen molar-refractivity contribution in [2.45, 2.75) is 65.3 Å². The minimum Gasteiger partial charge on any atom is -0.373 e. The maximum Gasteiger partial charge on any atom is 0.135 e. The number of rotatable bonds is 4. The molecule has 1 aliphatic rings. The smallest absolute Gasteiger partial charge is 0.135 e. The van der Waals surface area contributed by atoms with Gasteiger partial charge in [-0.15, -0.1) is 0 Å². The van der Waals surface area contributed by atoms with Gasteiger partial charge in [-0.2, -0.15) is 0 Å². The molecule has 1 aromatic rings. The van der Waals surface area contributed by atoms with E-state index in [0.29, 0.717) is 17.4 Å². The molecule has 0 aromatic carbocycles. The molecule has 1 saturated carbocycles. The van der Waals surface area contributed by atoms with E-state index in [0.717, 1.165) is 11.6 Å². The Morgan fingerprint density at radius 1 is 1.25 bits per heavy atom. The lowest BCUT2D eigenvalue weighted by Gasteiger charge is -2.36. The Bertz CT molecular complexity index is 454. The van der Waals surface area contributed by atoms with E-state index in [4.69, 9.17) is 0 Å². The highest BCUT2D eigenvalue weighted by Gasteiger charge is 2.28. The number of aromatic nitrogens is 2. The highest BCUT2D eigenvalue weighted by atomic mass is 15.1. The van der Waals surface area contributed by atoms with E-state index in [-0.39, 0.29) is 0 Å². The number of hydrogen-bond acceptors (Lipinski definition) is 4. The van der Waals surface area contributed by atoms with E-state index in [1.165, 1.54) is 31.2 Å². The van der Waals surface area contributed by atoms with Gasteiger partial charge in [0.25, 0.3) is 0 Å². The number of nitrogens with one attached hydrogen (secondary N) is 2. The fourth-order valence-corrected chi connectivity index (χ4v) is 3.27. The van der Waals surface area contributed by atoms with Crippen molar-refractivity contribution >= 4 is 11.6 Å². The van der Waals surface area contributed by atoms with E-state index < -0.39 is 0 Å². The van der Waals surface area contributed by atoms with Crippen LogP contribution in [0.1, 0.15) is 64.9 Å². The number of anilines is 2. The zero-order chi connectivity index (χ0) is 14.8. The first-order valence-electron chi connectivity index (χ1n) is 7.72. The first-order valence-corrected chi connectivity index (χ1v) is 7.72. The summed E-state index contributed by atoms with van der Waals surface area (Å²) in [6, 6.07) is 0.524. The lowest BCUT2D eigenvalue weighted by molar-refractivity contribution is 0.229. The molecule has 1 atom stereocenters. The Balaban J connectivity index is 2.20. The van der Waals surface area contributed by atoms with Gasteiger partial charge in [0.1, 0.15) is 18.0 Å². The molecule has 0 spiro atoms. The summed E-state index contributed by atoms with van der Waals surface area (Å²) in [7, 11) is 1.92. The van der Waals surface area contributed by atoms with Gasteiger partial charge in [-0.3, -0.25) is 0 Å². The quantitative estimate of drug-likeness (QED) is 0.872. The van der Waals surface area contributed by atoms with Crippen LogP contribution in [-0.2, 0) is 0 Å². The topological polar surface area (TPSA) is 49.8 Å². The molecule has 1 fully saturated rings. The molecule has 1 heterocycles. The molecule has 1 aromatic heterocycles. The summed E-state index contributed by atoms with van der Waals surface area (Å²) in [5, 5.41) is 6.85. The van der Waals surface area contributed by atoms with Gasteiger partial charge < -0.3 is 10.6 Å². The number of hydrogen-bond donors (Lipinski definition) is 2. The first-order chi connectivity index (χ1) is 9.43. The van der Waals surface area contributed by atoms with Crippen LogP contribution in [0.25, 0.3) is 0 Å². The highest BCUT2D eigenvalue weighted by molar-refractivity contribution is 5.59. The molecule has 0 saturated heterocycles. The van der Waals surface area contributed by atoms with Crippen LogP contribution in [0.5, 0.6) is 0 Å². The summed E-state index contributed by atoms with van der Waals surface area (Å²) < 4.78 is 0. The van der Waals surface area contributed by atoms with Crippen LogP contribution in [0.2, 0.25) is 0 Å². The van der Waals surface area contributed by atoms with Gasteiger partial charge in [0.15, 0.2) is 0 Å². The Hall–Kier alpha value is -1.32. The van der Waals surface area contributed by atoms with Crippen LogP contribution >= 0.6 is 0 Å². The van der Waals surface area contributed by atoms with Crippen molar-refractivity contribution in [3.8, 4) is 0 Å². The zero-order valence-electron chi connectivity index (χ0n) is 13.5. The SMILES string of the molecule is CNc1ncnc(NC2CCCC(C)(C)C2)c1C(C)C. The largest absolute Gasteiger partial charge is 0.373 e. The van der Waals surface area contributed by atoms with Gasteiger partial charge in [-0.25, -0.2) is 9.97 Å². The van der Waals surface area contributed by atoms with Crippen molar-refractivity contribution in [3.63, 3.8) is 0 Å². The van der Waals surface area contributed by atoms with Gasteiger partial charge in [0.2, 0.25) is 0 Å². The fourth-order valence-electron chi connectivity index (χ4n) is 3.27. The predicted molar refractivity (Wildman–Crippen MR) is 85.3 cm³/mol. The van der Waals surface area contributed by atoms with Gasteiger partial charge >= 0.3 is 0 Å². The lowest BCUT2D eigenvalue weighted by atomic mass is 9.75. The van der Waals surface area contributed by atoms with Gasteiger partial charge in [0, 0.05) is 18.7 Å². The van der Waals surface area contributed by atoms with Gasteiger partial charge in [-0.1, -0.05) is 34.1 Å². The molecule has 2 rings (SSSR count). The van der Waals surface area contributed by atoms with Gasteiger partial charge in [0.05, 0.1) is 0 Å². The second-order valence-electron chi connectivity index (χ2n) is 6.99. The van der Waals surface area contributed by atoms with Crippen LogP contribution in [-0.4, -0.2) is 23.1 Å². The molecular weight excluding hydrogens is 248 g/mol. The average Bonchev–Trinajstić information content (AvgIpc) is 2.36. The third-order valence-electron chi connectivity index (χ3n) is 4.24. The molecule has 0 bridgehead atoms. The normalized spacial score (nSPS) is 21.8. The summed E-state index contributed by atoms with van der Waals surface area (Å²) in [5.41, 5.74) is 1.63. The summed E-state index contributed by atoms with van der Waals surface area (Å²) in [4.78, 5) is 8.83. The molecule has 2 N–H and O–H groups in total. The second-order valence-corrected chi connectivity index (χ2v) is 6.99. The standard InChI is InChI=1S/C16H28N4/c1-11(2)13-14(17-5)18-10-19-15(13)20-12-7-6-8-16(3,4)9-12/h10-12H,6-9H2,1-5H3,(H2,17,18,19,20). The molecule has 0 radical (unpaired) electrons. The molecule has 0 aliphatic heterocycles. The third kappa shape index (κ3) is 3.41. The molecule has 4 nitrogen and oxygen atoms in total. The lowest BCUT2D eigenvalue weighted by Crippen LogP contribution is -2.32. The van der Waals surface area contributed by atoms with Crippen LogP contribution in [0, 0.1) is 5.41 Å². The third-order valence-corrected chi connectivity index (χ3v) is 4.24. The van der Waals surface area contributed by atoms with Crippen molar-refractivity contribution in [1.29, 1.82) is 0 Å². The van der Waals surface area contributed by atoms with Gasteiger partial charge in [-0.05, 0) is 30.6 Å². The van der Waals surface area contributed by atoms with Crippen molar-refractivity contribution in [3.05, 3.63) is 11.9 Å². The first kappa shape index (κ1) is 15.1. The fraction of sp³-hybridized carbons (Fsp3) is 0.750. The monoisotopic (exact) mass is 276 g/mol. The van der Waals surface area contributed by atoms with Crippen LogP contribution in [0.3, 0.4) is 0 Å². The maximum absolute atomic E-state index is 4.49. The Morgan fingerprint density at radius 2 is 1.95 bits per heavy atom. The summed E-state index contributed by atoms with van der Waals surface area (Å²) in [5.74, 6) is 2.34. The maximum atomic E-state index is 4.49. The molecule has 20 heavy (non-hydrogen) atoms. The summed E-state index contributed by atoms with van der Waals surface area (Å²) >= 11 is 0. The Labute approximate surface area is 122 Å². The van der Waals surface area contributed by atoms with Crippen LogP contribution < -0.4 is 10.6 Å². The Morgan fingerprint density at radius 3 is 2.55 bits per heavy atom. The molecule has 0 amide bonds. The summed E-state index contributed by atoms with van der Waals surface area (Å²) in [6.07, 6.45) is 6.72.